The lowest BCUT2D eigenvalue weighted by atomic mass is 9.90. The molecule has 1 aliphatic carbocycles. The topological polar surface area (TPSA) is 30.3 Å². The monoisotopic (exact) mass is 341 g/mol. The second-order valence-electron chi connectivity index (χ2n) is 5.89. The van der Waals surface area contributed by atoms with Crippen LogP contribution >= 0.6 is 15.9 Å². The van der Waals surface area contributed by atoms with E-state index >= 15 is 0 Å². The Morgan fingerprint density at radius 2 is 2.15 bits per heavy atom. The van der Waals surface area contributed by atoms with Crippen molar-refractivity contribution in [3.63, 3.8) is 0 Å². The Balaban J connectivity index is 1.79. The van der Waals surface area contributed by atoms with E-state index < -0.39 is 0 Å². The van der Waals surface area contributed by atoms with Gasteiger partial charge in [0.15, 0.2) is 0 Å². The van der Waals surface area contributed by atoms with Crippen LogP contribution in [-0.4, -0.2) is 40.0 Å². The van der Waals surface area contributed by atoms with Gasteiger partial charge in [0, 0.05) is 25.7 Å². The van der Waals surface area contributed by atoms with Gasteiger partial charge in [-0.3, -0.25) is 9.58 Å². The van der Waals surface area contributed by atoms with Crippen molar-refractivity contribution in [2.45, 2.75) is 64.8 Å². The molecule has 5 heteroatoms. The normalized spacial score (nSPS) is 27.6. The van der Waals surface area contributed by atoms with E-state index in [4.69, 9.17) is 4.74 Å². The molecule has 0 bridgehead atoms. The average Bonchev–Trinajstić information content (AvgIpc) is 2.75. The summed E-state index contributed by atoms with van der Waals surface area (Å²) in [6, 6.07) is 0.602. The lowest BCUT2D eigenvalue weighted by Crippen LogP contribution is -2.52. The first kappa shape index (κ1) is 14.5. The van der Waals surface area contributed by atoms with Crippen LogP contribution in [0.25, 0.3) is 0 Å². The van der Waals surface area contributed by atoms with Crippen molar-refractivity contribution in [3.05, 3.63) is 15.9 Å². The highest BCUT2D eigenvalue weighted by Crippen LogP contribution is 2.31. The molecule has 2 aliphatic rings. The average molecular weight is 342 g/mol. The van der Waals surface area contributed by atoms with Crippen molar-refractivity contribution >= 4 is 15.9 Å². The van der Waals surface area contributed by atoms with Gasteiger partial charge >= 0.3 is 0 Å². The summed E-state index contributed by atoms with van der Waals surface area (Å²) in [6.45, 7) is 8.06. The zero-order chi connectivity index (χ0) is 14.1. The third kappa shape index (κ3) is 2.68. The number of nitrogens with zero attached hydrogens (tertiary/aromatic N) is 3. The van der Waals surface area contributed by atoms with Crippen LogP contribution in [0.4, 0.5) is 0 Å². The molecule has 4 nitrogen and oxygen atoms in total. The summed E-state index contributed by atoms with van der Waals surface area (Å²) < 4.78 is 9.28. The Kier molecular flexibility index (Phi) is 4.48. The third-order valence-corrected chi connectivity index (χ3v) is 5.68. The number of hydrogen-bond donors (Lipinski definition) is 0. The van der Waals surface area contributed by atoms with E-state index in [1.807, 2.05) is 0 Å². The molecule has 1 aliphatic heterocycles. The zero-order valence-electron chi connectivity index (χ0n) is 12.4. The number of aryl methyl sites for hydroxylation is 2. The third-order valence-electron chi connectivity index (χ3n) is 4.65. The van der Waals surface area contributed by atoms with Gasteiger partial charge in [-0.15, -0.1) is 0 Å². The highest BCUT2D eigenvalue weighted by atomic mass is 79.9. The Bertz CT molecular complexity index is 472. The van der Waals surface area contributed by atoms with Gasteiger partial charge < -0.3 is 4.74 Å². The maximum Gasteiger partial charge on any atom is 0.0739 e. The van der Waals surface area contributed by atoms with Crippen molar-refractivity contribution < 1.29 is 4.74 Å². The van der Waals surface area contributed by atoms with Crippen molar-refractivity contribution in [1.82, 2.24) is 14.7 Å². The van der Waals surface area contributed by atoms with E-state index in [1.54, 1.807) is 0 Å². The summed E-state index contributed by atoms with van der Waals surface area (Å²) in [5.41, 5.74) is 2.41. The minimum Gasteiger partial charge on any atom is -0.375 e. The number of rotatable bonds is 3. The summed E-state index contributed by atoms with van der Waals surface area (Å²) in [5, 5.41) is 4.61. The molecule has 112 valence electrons. The molecule has 1 saturated carbocycles. The fourth-order valence-corrected chi connectivity index (χ4v) is 3.99. The summed E-state index contributed by atoms with van der Waals surface area (Å²) in [7, 11) is 0. The first-order chi connectivity index (χ1) is 9.70. The predicted octanol–water partition coefficient (Wildman–Crippen LogP) is 3.12. The lowest BCUT2D eigenvalue weighted by Gasteiger charge is -2.43. The van der Waals surface area contributed by atoms with Gasteiger partial charge in [0.2, 0.25) is 0 Å². The number of fused-ring (bicyclic) bond motifs is 1. The molecule has 2 atom stereocenters. The number of hydrogen-bond acceptors (Lipinski definition) is 3. The molecule has 0 N–H and O–H groups in total. The minimum atomic E-state index is 0.454. The van der Waals surface area contributed by atoms with Crippen LogP contribution in [0.5, 0.6) is 0 Å². The van der Waals surface area contributed by atoms with Gasteiger partial charge in [-0.05, 0) is 42.6 Å². The van der Waals surface area contributed by atoms with Gasteiger partial charge in [-0.2, -0.15) is 5.10 Å². The van der Waals surface area contributed by atoms with E-state index in [0.717, 1.165) is 31.9 Å². The molecule has 0 radical (unpaired) electrons. The van der Waals surface area contributed by atoms with E-state index in [0.29, 0.717) is 12.1 Å². The molecule has 2 heterocycles. The second-order valence-corrected chi connectivity index (χ2v) is 6.69. The quantitative estimate of drug-likeness (QED) is 0.846. The van der Waals surface area contributed by atoms with E-state index in [-0.39, 0.29) is 0 Å². The van der Waals surface area contributed by atoms with Gasteiger partial charge in [0.25, 0.3) is 0 Å². The zero-order valence-corrected chi connectivity index (χ0v) is 14.0. The summed E-state index contributed by atoms with van der Waals surface area (Å²) in [6.07, 6.45) is 5.63. The van der Waals surface area contributed by atoms with Crippen molar-refractivity contribution in [1.29, 1.82) is 0 Å². The minimum absolute atomic E-state index is 0.454. The van der Waals surface area contributed by atoms with Crippen molar-refractivity contribution in [3.8, 4) is 0 Å². The Hall–Kier alpha value is -0.390. The van der Waals surface area contributed by atoms with E-state index in [2.05, 4.69) is 44.5 Å². The molecule has 1 aromatic heterocycles. The summed E-state index contributed by atoms with van der Waals surface area (Å²) in [5.74, 6) is 0. The van der Waals surface area contributed by atoms with Gasteiger partial charge in [-0.1, -0.05) is 12.8 Å². The number of ether oxygens (including phenoxy) is 1. The van der Waals surface area contributed by atoms with Crippen LogP contribution < -0.4 is 0 Å². The van der Waals surface area contributed by atoms with Crippen LogP contribution in [0.1, 0.15) is 44.0 Å². The van der Waals surface area contributed by atoms with E-state index in [1.165, 1.54) is 35.8 Å². The Morgan fingerprint density at radius 1 is 1.35 bits per heavy atom. The molecule has 0 aromatic carbocycles. The SMILES string of the molecule is CCn1nc(C)c(Br)c1CN1CCOC2CCCCC21. The smallest absolute Gasteiger partial charge is 0.0739 e. The first-order valence-electron chi connectivity index (χ1n) is 7.78. The summed E-state index contributed by atoms with van der Waals surface area (Å²) in [4.78, 5) is 2.61. The van der Waals surface area contributed by atoms with Crippen LogP contribution in [-0.2, 0) is 17.8 Å². The molecule has 2 unspecified atom stereocenters. The van der Waals surface area contributed by atoms with Crippen LogP contribution in [0, 0.1) is 6.92 Å². The molecule has 20 heavy (non-hydrogen) atoms. The van der Waals surface area contributed by atoms with Crippen molar-refractivity contribution in [2.75, 3.05) is 13.2 Å². The maximum atomic E-state index is 5.97. The Labute approximate surface area is 129 Å². The molecule has 0 spiro atoms. The highest BCUT2D eigenvalue weighted by molar-refractivity contribution is 9.10. The van der Waals surface area contributed by atoms with E-state index in [9.17, 15) is 0 Å². The largest absolute Gasteiger partial charge is 0.375 e. The fraction of sp³-hybridized carbons (Fsp3) is 0.800. The van der Waals surface area contributed by atoms with Crippen LogP contribution in [0.3, 0.4) is 0 Å². The molecule has 0 amide bonds. The van der Waals surface area contributed by atoms with Gasteiger partial charge in [0.05, 0.1) is 28.6 Å². The second kappa shape index (κ2) is 6.16. The molecule has 1 aromatic rings. The van der Waals surface area contributed by atoms with Crippen LogP contribution in [0.15, 0.2) is 4.47 Å². The number of halogens is 1. The molecular weight excluding hydrogens is 318 g/mol. The highest BCUT2D eigenvalue weighted by Gasteiger charge is 2.34. The predicted molar refractivity (Wildman–Crippen MR) is 82.7 cm³/mol. The molecule has 3 rings (SSSR count). The molecule has 2 fully saturated rings. The molecular formula is C15H24BrN3O. The van der Waals surface area contributed by atoms with Gasteiger partial charge in [0.1, 0.15) is 0 Å². The first-order valence-corrected chi connectivity index (χ1v) is 8.57. The maximum absolute atomic E-state index is 5.97. The van der Waals surface area contributed by atoms with Gasteiger partial charge in [-0.25, -0.2) is 0 Å². The van der Waals surface area contributed by atoms with Crippen LogP contribution in [0.2, 0.25) is 0 Å². The molecule has 1 saturated heterocycles. The summed E-state index contributed by atoms with van der Waals surface area (Å²) >= 11 is 3.72. The standard InChI is InChI=1S/C15H24BrN3O/c1-3-19-13(15(16)11(2)17-19)10-18-8-9-20-14-7-5-4-6-12(14)18/h12,14H,3-10H2,1-2H3. The van der Waals surface area contributed by atoms with Crippen molar-refractivity contribution in [2.24, 2.45) is 0 Å². The number of morpholine rings is 1. The fourth-order valence-electron chi connectivity index (χ4n) is 3.59. The number of aromatic nitrogens is 2. The lowest BCUT2D eigenvalue weighted by molar-refractivity contribution is -0.0918. The Morgan fingerprint density at radius 3 is 2.95 bits per heavy atom.